The maximum atomic E-state index is 12.3. The zero-order valence-corrected chi connectivity index (χ0v) is 13.3. The standard InChI is InChI=1S/C17H18O5/c1-9-11-8-13(20-5)12(19-4)6-10(11)7-14-15(9)16(18)22-17(2,3)21-14/h6-8H,1-5H3. The molecule has 0 fully saturated rings. The minimum absolute atomic E-state index is 0.375. The second kappa shape index (κ2) is 4.80. The summed E-state index contributed by atoms with van der Waals surface area (Å²) >= 11 is 0. The molecule has 0 unspecified atom stereocenters. The topological polar surface area (TPSA) is 54.0 Å². The van der Waals surface area contributed by atoms with E-state index in [4.69, 9.17) is 18.9 Å². The SMILES string of the molecule is COc1cc2cc3c(c(C)c2cc1OC)C(=O)OC(C)(C)O3. The number of ether oxygens (including phenoxy) is 4. The number of rotatable bonds is 2. The van der Waals surface area contributed by atoms with E-state index in [2.05, 4.69) is 0 Å². The first-order valence-electron chi connectivity index (χ1n) is 6.98. The molecule has 1 aliphatic heterocycles. The minimum Gasteiger partial charge on any atom is -0.493 e. The number of carbonyl (C=O) groups is 1. The summed E-state index contributed by atoms with van der Waals surface area (Å²) in [6.45, 7) is 5.29. The second-order valence-corrected chi connectivity index (χ2v) is 5.69. The predicted molar refractivity (Wildman–Crippen MR) is 81.9 cm³/mol. The van der Waals surface area contributed by atoms with Crippen LogP contribution in [0.25, 0.3) is 10.8 Å². The Kier molecular flexibility index (Phi) is 3.16. The van der Waals surface area contributed by atoms with Crippen molar-refractivity contribution >= 4 is 16.7 Å². The van der Waals surface area contributed by atoms with E-state index in [9.17, 15) is 4.79 Å². The number of aryl methyl sites for hydroxylation is 1. The highest BCUT2D eigenvalue weighted by molar-refractivity contribution is 6.03. The Hall–Kier alpha value is -2.43. The molecule has 1 heterocycles. The molecule has 0 spiro atoms. The number of carbonyl (C=O) groups excluding carboxylic acids is 1. The zero-order valence-electron chi connectivity index (χ0n) is 13.3. The van der Waals surface area contributed by atoms with Crippen molar-refractivity contribution in [2.24, 2.45) is 0 Å². The van der Waals surface area contributed by atoms with Crippen molar-refractivity contribution in [3.63, 3.8) is 0 Å². The molecular formula is C17H18O5. The van der Waals surface area contributed by atoms with Crippen LogP contribution in [0, 0.1) is 6.92 Å². The van der Waals surface area contributed by atoms with Crippen LogP contribution in [0.2, 0.25) is 0 Å². The molecule has 0 aliphatic carbocycles. The second-order valence-electron chi connectivity index (χ2n) is 5.69. The molecule has 0 amide bonds. The Morgan fingerprint density at radius 1 is 1.00 bits per heavy atom. The van der Waals surface area contributed by atoms with E-state index in [0.717, 1.165) is 16.3 Å². The fourth-order valence-corrected chi connectivity index (χ4v) is 2.77. The van der Waals surface area contributed by atoms with Gasteiger partial charge in [0.15, 0.2) is 11.5 Å². The van der Waals surface area contributed by atoms with E-state index in [1.165, 1.54) is 0 Å². The third kappa shape index (κ3) is 2.13. The third-order valence-corrected chi connectivity index (χ3v) is 3.77. The lowest BCUT2D eigenvalue weighted by Crippen LogP contribution is -2.39. The van der Waals surface area contributed by atoms with Gasteiger partial charge in [0.2, 0.25) is 5.79 Å². The highest BCUT2D eigenvalue weighted by atomic mass is 16.7. The number of esters is 1. The Bertz CT molecular complexity index is 776. The molecule has 0 saturated heterocycles. The maximum absolute atomic E-state index is 12.3. The van der Waals surface area contributed by atoms with Crippen molar-refractivity contribution in [1.82, 2.24) is 0 Å². The molecule has 22 heavy (non-hydrogen) atoms. The lowest BCUT2D eigenvalue weighted by atomic mass is 9.97. The van der Waals surface area contributed by atoms with Gasteiger partial charge in [-0.25, -0.2) is 4.79 Å². The molecule has 0 N–H and O–H groups in total. The monoisotopic (exact) mass is 302 g/mol. The molecule has 0 radical (unpaired) electrons. The first kappa shape index (κ1) is 14.5. The molecule has 2 aromatic rings. The van der Waals surface area contributed by atoms with Crippen LogP contribution < -0.4 is 14.2 Å². The van der Waals surface area contributed by atoms with Crippen molar-refractivity contribution in [1.29, 1.82) is 0 Å². The Balaban J connectivity index is 2.31. The molecule has 5 heteroatoms. The average molecular weight is 302 g/mol. The fourth-order valence-electron chi connectivity index (χ4n) is 2.77. The number of cyclic esters (lactones) is 1. The van der Waals surface area contributed by atoms with Gasteiger partial charge in [-0.15, -0.1) is 0 Å². The van der Waals surface area contributed by atoms with Crippen molar-refractivity contribution in [3.8, 4) is 17.2 Å². The summed E-state index contributed by atoms with van der Waals surface area (Å²) in [5.74, 6) is 0.426. The molecular weight excluding hydrogens is 284 g/mol. The smallest absolute Gasteiger partial charge is 0.345 e. The molecule has 0 aromatic heterocycles. The highest BCUT2D eigenvalue weighted by Crippen LogP contribution is 2.41. The lowest BCUT2D eigenvalue weighted by Gasteiger charge is -2.32. The molecule has 2 aromatic carbocycles. The van der Waals surface area contributed by atoms with Crippen LogP contribution in [0.4, 0.5) is 0 Å². The van der Waals surface area contributed by atoms with Crippen molar-refractivity contribution in [2.45, 2.75) is 26.6 Å². The van der Waals surface area contributed by atoms with E-state index in [1.54, 1.807) is 28.1 Å². The Morgan fingerprint density at radius 2 is 1.64 bits per heavy atom. The molecule has 1 aliphatic rings. The van der Waals surface area contributed by atoms with Gasteiger partial charge in [0.25, 0.3) is 0 Å². The molecule has 5 nitrogen and oxygen atoms in total. The van der Waals surface area contributed by atoms with Crippen LogP contribution >= 0.6 is 0 Å². The van der Waals surface area contributed by atoms with Crippen molar-refractivity contribution < 1.29 is 23.7 Å². The van der Waals surface area contributed by atoms with Crippen LogP contribution in [0.15, 0.2) is 18.2 Å². The fraction of sp³-hybridized carbons (Fsp3) is 0.353. The number of fused-ring (bicyclic) bond motifs is 2. The summed E-state index contributed by atoms with van der Waals surface area (Å²) in [4.78, 5) is 12.3. The van der Waals surface area contributed by atoms with Crippen LogP contribution in [0.3, 0.4) is 0 Å². The van der Waals surface area contributed by atoms with E-state index >= 15 is 0 Å². The quantitative estimate of drug-likeness (QED) is 0.795. The number of methoxy groups -OCH3 is 2. The zero-order chi connectivity index (χ0) is 16.1. The van der Waals surface area contributed by atoms with Crippen LogP contribution in [0.1, 0.15) is 29.8 Å². The van der Waals surface area contributed by atoms with Gasteiger partial charge in [-0.3, -0.25) is 0 Å². The molecule has 0 atom stereocenters. The highest BCUT2D eigenvalue weighted by Gasteiger charge is 2.35. The van der Waals surface area contributed by atoms with Gasteiger partial charge >= 0.3 is 5.97 Å². The normalized spacial score (nSPS) is 15.8. The largest absolute Gasteiger partial charge is 0.493 e. The summed E-state index contributed by atoms with van der Waals surface area (Å²) in [5, 5.41) is 1.82. The van der Waals surface area contributed by atoms with E-state index in [-0.39, 0.29) is 5.97 Å². The molecule has 3 rings (SSSR count). The number of benzene rings is 2. The van der Waals surface area contributed by atoms with Gasteiger partial charge in [-0.2, -0.15) is 0 Å². The van der Waals surface area contributed by atoms with Crippen molar-refractivity contribution in [3.05, 3.63) is 29.3 Å². The number of hydrogen-bond acceptors (Lipinski definition) is 5. The first-order chi connectivity index (χ1) is 10.4. The Labute approximate surface area is 128 Å². The molecule has 0 bridgehead atoms. The van der Waals surface area contributed by atoms with Gasteiger partial charge in [0.1, 0.15) is 11.3 Å². The Morgan fingerprint density at radius 3 is 2.27 bits per heavy atom. The van der Waals surface area contributed by atoms with Crippen molar-refractivity contribution in [2.75, 3.05) is 14.2 Å². The summed E-state index contributed by atoms with van der Waals surface area (Å²) in [7, 11) is 3.17. The van der Waals surface area contributed by atoms with E-state index in [0.29, 0.717) is 22.8 Å². The van der Waals surface area contributed by atoms with Gasteiger partial charge < -0.3 is 18.9 Å². The maximum Gasteiger partial charge on any atom is 0.345 e. The van der Waals surface area contributed by atoms with E-state index in [1.807, 2.05) is 25.1 Å². The summed E-state index contributed by atoms with van der Waals surface area (Å²) in [6.07, 6.45) is 0. The number of hydrogen-bond donors (Lipinski definition) is 0. The van der Waals surface area contributed by atoms with Crippen LogP contribution in [-0.2, 0) is 4.74 Å². The van der Waals surface area contributed by atoms with Crippen LogP contribution in [-0.4, -0.2) is 26.0 Å². The summed E-state index contributed by atoms with van der Waals surface area (Å²) in [6, 6.07) is 5.57. The minimum atomic E-state index is -0.971. The lowest BCUT2D eigenvalue weighted by molar-refractivity contribution is -0.127. The average Bonchev–Trinajstić information content (AvgIpc) is 2.44. The van der Waals surface area contributed by atoms with Crippen LogP contribution in [0.5, 0.6) is 17.2 Å². The summed E-state index contributed by atoms with van der Waals surface area (Å²) in [5.41, 5.74) is 1.26. The summed E-state index contributed by atoms with van der Waals surface area (Å²) < 4.78 is 21.8. The first-order valence-corrected chi connectivity index (χ1v) is 6.98. The van der Waals surface area contributed by atoms with Gasteiger partial charge in [-0.1, -0.05) is 0 Å². The third-order valence-electron chi connectivity index (χ3n) is 3.77. The van der Waals surface area contributed by atoms with Gasteiger partial charge in [-0.05, 0) is 41.5 Å². The van der Waals surface area contributed by atoms with Gasteiger partial charge in [0.05, 0.1) is 14.2 Å². The van der Waals surface area contributed by atoms with Gasteiger partial charge in [0, 0.05) is 13.8 Å². The van der Waals surface area contributed by atoms with E-state index < -0.39 is 5.79 Å². The molecule has 0 saturated carbocycles. The molecule has 116 valence electrons. The predicted octanol–water partition coefficient (Wildman–Crippen LogP) is 3.45.